The Hall–Kier alpha value is 0.467. The molecule has 0 aliphatic rings. The van der Waals surface area contributed by atoms with E-state index >= 15 is 0 Å². The van der Waals surface area contributed by atoms with E-state index < -0.39 is 8.32 Å². The third-order valence-corrected chi connectivity index (χ3v) is 6.37. The second-order valence-electron chi connectivity index (χ2n) is 5.22. The van der Waals surface area contributed by atoms with Gasteiger partial charge in [-0.15, -0.1) is 11.6 Å². The molecule has 0 N–H and O–H groups in total. The summed E-state index contributed by atoms with van der Waals surface area (Å²) in [5.74, 6) is 0. The van der Waals surface area contributed by atoms with Crippen LogP contribution in [0.4, 0.5) is 0 Å². The summed E-state index contributed by atoms with van der Waals surface area (Å²) in [5, 5.41) is 0. The van der Waals surface area contributed by atoms with Gasteiger partial charge in [-0.25, -0.2) is 0 Å². The molecule has 0 fully saturated rings. The number of alkyl halides is 1. The molecule has 0 aliphatic heterocycles. The minimum atomic E-state index is -1.50. The zero-order valence-corrected chi connectivity index (χ0v) is 13.1. The fourth-order valence-electron chi connectivity index (χ4n) is 1.62. The molecular formula is C13H29ClOSi. The first-order valence-electron chi connectivity index (χ1n) is 6.82. The predicted octanol–water partition coefficient (Wildman–Crippen LogP) is 5.13. The minimum absolute atomic E-state index is 0.712. The quantitative estimate of drug-likeness (QED) is 0.286. The third kappa shape index (κ3) is 11.0. The Kier molecular flexibility index (Phi) is 10.9. The predicted molar refractivity (Wildman–Crippen MR) is 76.8 cm³/mol. The van der Waals surface area contributed by atoms with Crippen molar-refractivity contribution in [3.05, 3.63) is 0 Å². The number of halogens is 1. The number of hydrogen-bond acceptors (Lipinski definition) is 1. The zero-order chi connectivity index (χ0) is 12.3. The van der Waals surface area contributed by atoms with Crippen molar-refractivity contribution < 1.29 is 4.43 Å². The highest BCUT2D eigenvalue weighted by atomic mass is 35.5. The summed E-state index contributed by atoms with van der Waals surface area (Å²) in [5.41, 5.74) is 0.712. The first kappa shape index (κ1) is 16.5. The van der Waals surface area contributed by atoms with Crippen LogP contribution in [0.3, 0.4) is 0 Å². The highest BCUT2D eigenvalue weighted by molar-refractivity contribution is 6.77. The summed E-state index contributed by atoms with van der Waals surface area (Å²) in [4.78, 5) is 0. The molecule has 0 unspecified atom stereocenters. The highest BCUT2D eigenvalue weighted by Gasteiger charge is 2.19. The van der Waals surface area contributed by atoms with Gasteiger partial charge in [0.25, 0.3) is 0 Å². The van der Waals surface area contributed by atoms with Gasteiger partial charge in [-0.2, -0.15) is 0 Å². The van der Waals surface area contributed by atoms with Gasteiger partial charge >= 0.3 is 0 Å². The molecule has 0 rings (SSSR count). The van der Waals surface area contributed by atoms with Crippen LogP contribution in [0.5, 0.6) is 0 Å². The molecule has 98 valence electrons. The largest absolute Gasteiger partial charge is 0.416 e. The normalized spacial score (nSPS) is 12.0. The van der Waals surface area contributed by atoms with Gasteiger partial charge in [0.05, 0.1) is 0 Å². The molecule has 0 saturated carbocycles. The fourth-order valence-corrected chi connectivity index (χ4v) is 2.63. The van der Waals surface area contributed by atoms with Crippen LogP contribution in [0.1, 0.15) is 58.3 Å². The van der Waals surface area contributed by atoms with Gasteiger partial charge in [-0.1, -0.05) is 51.9 Å². The van der Waals surface area contributed by atoms with Crippen molar-refractivity contribution >= 4 is 19.9 Å². The van der Waals surface area contributed by atoms with E-state index in [-0.39, 0.29) is 0 Å². The Morgan fingerprint density at radius 1 is 0.875 bits per heavy atom. The Bertz CT molecular complexity index is 151. The maximum atomic E-state index is 5.84. The lowest BCUT2D eigenvalue weighted by atomic mass is 10.1. The van der Waals surface area contributed by atoms with Gasteiger partial charge < -0.3 is 4.43 Å². The summed E-state index contributed by atoms with van der Waals surface area (Å²) in [7, 11) is -1.50. The van der Waals surface area contributed by atoms with Crippen LogP contribution < -0.4 is 0 Å². The summed E-state index contributed by atoms with van der Waals surface area (Å²) in [6, 6.07) is 0. The second-order valence-corrected chi connectivity index (χ2v) is 10.1. The van der Waals surface area contributed by atoms with Gasteiger partial charge in [0.15, 0.2) is 0 Å². The van der Waals surface area contributed by atoms with Crippen LogP contribution in [0.25, 0.3) is 0 Å². The van der Waals surface area contributed by atoms with Crippen LogP contribution in [0.15, 0.2) is 0 Å². The van der Waals surface area contributed by atoms with Crippen molar-refractivity contribution in [1.82, 2.24) is 0 Å². The van der Waals surface area contributed by atoms with Crippen LogP contribution in [-0.4, -0.2) is 20.4 Å². The van der Waals surface area contributed by atoms with E-state index in [0.29, 0.717) is 5.50 Å². The maximum Gasteiger partial charge on any atom is 0.201 e. The lowest BCUT2D eigenvalue weighted by Gasteiger charge is -2.19. The molecule has 3 heteroatoms. The van der Waals surface area contributed by atoms with Crippen LogP contribution in [0.2, 0.25) is 13.1 Å². The molecule has 0 aliphatic carbocycles. The van der Waals surface area contributed by atoms with Crippen molar-refractivity contribution in [2.45, 2.75) is 71.4 Å². The van der Waals surface area contributed by atoms with E-state index in [1.54, 1.807) is 0 Å². The summed E-state index contributed by atoms with van der Waals surface area (Å²) in [6.07, 6.45) is 10.9. The average molecular weight is 265 g/mol. The van der Waals surface area contributed by atoms with Gasteiger partial charge in [0.1, 0.15) is 0 Å². The van der Waals surface area contributed by atoms with Crippen LogP contribution in [-0.2, 0) is 4.43 Å². The van der Waals surface area contributed by atoms with Crippen molar-refractivity contribution in [2.75, 3.05) is 12.1 Å². The fraction of sp³-hybridized carbons (Fsp3) is 1.00. The molecule has 0 radical (unpaired) electrons. The summed E-state index contributed by atoms with van der Waals surface area (Å²) in [6.45, 7) is 7.55. The van der Waals surface area contributed by atoms with Gasteiger partial charge in [0.2, 0.25) is 8.32 Å². The Morgan fingerprint density at radius 3 is 1.88 bits per heavy atom. The second kappa shape index (κ2) is 10.6. The van der Waals surface area contributed by atoms with Crippen molar-refractivity contribution in [3.8, 4) is 0 Å². The third-order valence-electron chi connectivity index (χ3n) is 2.81. The molecule has 0 heterocycles. The molecule has 0 aromatic heterocycles. The minimum Gasteiger partial charge on any atom is -0.416 e. The van der Waals surface area contributed by atoms with Gasteiger partial charge in [0, 0.05) is 12.1 Å². The van der Waals surface area contributed by atoms with E-state index in [1.807, 2.05) is 0 Å². The Balaban J connectivity index is 3.10. The first-order chi connectivity index (χ1) is 7.62. The van der Waals surface area contributed by atoms with E-state index in [2.05, 4.69) is 20.0 Å². The monoisotopic (exact) mass is 264 g/mol. The molecule has 0 aromatic carbocycles. The van der Waals surface area contributed by atoms with Gasteiger partial charge in [-0.05, 0) is 19.5 Å². The molecule has 0 saturated heterocycles. The number of hydrogen-bond donors (Lipinski definition) is 0. The van der Waals surface area contributed by atoms with Crippen LogP contribution in [0, 0.1) is 0 Å². The molecule has 16 heavy (non-hydrogen) atoms. The topological polar surface area (TPSA) is 9.23 Å². The standard InChI is InChI=1S/C13H29ClOSi/c1-4-5-6-7-8-9-10-11-12-15-16(2,3)13-14/h4-13H2,1-3H3. The summed E-state index contributed by atoms with van der Waals surface area (Å²) < 4.78 is 5.83. The van der Waals surface area contributed by atoms with E-state index in [4.69, 9.17) is 16.0 Å². The number of rotatable bonds is 11. The Labute approximate surface area is 108 Å². The highest BCUT2D eigenvalue weighted by Crippen LogP contribution is 2.11. The average Bonchev–Trinajstić information content (AvgIpc) is 2.27. The maximum absolute atomic E-state index is 5.84. The SMILES string of the molecule is CCCCCCCCCCO[Si](C)(C)CCl. The molecule has 0 bridgehead atoms. The van der Waals surface area contributed by atoms with E-state index in [9.17, 15) is 0 Å². The van der Waals surface area contributed by atoms with E-state index in [1.165, 1.54) is 51.4 Å². The van der Waals surface area contributed by atoms with Crippen LogP contribution >= 0.6 is 11.6 Å². The first-order valence-corrected chi connectivity index (χ1v) is 10.5. The smallest absolute Gasteiger partial charge is 0.201 e. The molecule has 0 atom stereocenters. The molecule has 0 amide bonds. The van der Waals surface area contributed by atoms with Crippen molar-refractivity contribution in [2.24, 2.45) is 0 Å². The molecule has 0 spiro atoms. The van der Waals surface area contributed by atoms with Crippen molar-refractivity contribution in [3.63, 3.8) is 0 Å². The number of unbranched alkanes of at least 4 members (excludes halogenated alkanes) is 7. The van der Waals surface area contributed by atoms with Crippen molar-refractivity contribution in [1.29, 1.82) is 0 Å². The molecule has 1 nitrogen and oxygen atoms in total. The zero-order valence-electron chi connectivity index (χ0n) is 11.4. The summed E-state index contributed by atoms with van der Waals surface area (Å²) >= 11 is 5.84. The molecular weight excluding hydrogens is 236 g/mol. The lowest BCUT2D eigenvalue weighted by molar-refractivity contribution is 0.297. The van der Waals surface area contributed by atoms with E-state index in [0.717, 1.165) is 6.61 Å². The lowest BCUT2D eigenvalue weighted by Crippen LogP contribution is -2.33. The molecule has 0 aromatic rings. The van der Waals surface area contributed by atoms with Gasteiger partial charge in [-0.3, -0.25) is 0 Å². The Morgan fingerprint density at radius 2 is 1.38 bits per heavy atom.